The van der Waals surface area contributed by atoms with E-state index < -0.39 is 23.5 Å². The first-order valence-electron chi connectivity index (χ1n) is 11.1. The highest BCUT2D eigenvalue weighted by Gasteiger charge is 2.47. The monoisotopic (exact) mass is 451 g/mol. The summed E-state index contributed by atoms with van der Waals surface area (Å²) in [6.45, 7) is 2.03. The molecule has 4 nitrogen and oxygen atoms in total. The van der Waals surface area contributed by atoms with Crippen LogP contribution < -0.4 is 4.90 Å². The Balaban J connectivity index is 1.75. The summed E-state index contributed by atoms with van der Waals surface area (Å²) in [7, 11) is 0. The summed E-state index contributed by atoms with van der Waals surface area (Å²) in [5, 5.41) is 13.1. The van der Waals surface area contributed by atoms with E-state index in [1.807, 2.05) is 49.4 Å². The van der Waals surface area contributed by atoms with Gasteiger partial charge in [0.25, 0.3) is 11.7 Å². The first kappa shape index (κ1) is 21.6. The van der Waals surface area contributed by atoms with E-state index in [2.05, 4.69) is 0 Å². The van der Waals surface area contributed by atoms with E-state index in [0.717, 1.165) is 22.8 Å². The third kappa shape index (κ3) is 3.55. The average Bonchev–Trinajstić information content (AvgIpc) is 3.14. The van der Waals surface area contributed by atoms with E-state index in [9.17, 15) is 19.1 Å². The Bertz CT molecular complexity index is 1430. The van der Waals surface area contributed by atoms with Gasteiger partial charge in [-0.25, -0.2) is 4.39 Å². The zero-order valence-electron chi connectivity index (χ0n) is 18.5. The number of fused-ring (bicyclic) bond motifs is 1. The van der Waals surface area contributed by atoms with Crippen molar-refractivity contribution in [3.8, 4) is 0 Å². The van der Waals surface area contributed by atoms with E-state index in [0.29, 0.717) is 16.8 Å². The number of Topliss-reactive ketones (excluding diaryl/α,β-unsaturated/α-hetero) is 1. The molecule has 34 heavy (non-hydrogen) atoms. The highest BCUT2D eigenvalue weighted by Crippen LogP contribution is 2.43. The molecule has 5 rings (SSSR count). The molecule has 0 aromatic heterocycles. The summed E-state index contributed by atoms with van der Waals surface area (Å²) in [6.07, 6.45) is 0.835. The molecule has 1 saturated heterocycles. The number of carbonyl (C=O) groups excluding carboxylic acids is 2. The molecular formula is C29H22FNO3. The van der Waals surface area contributed by atoms with Gasteiger partial charge in [-0.15, -0.1) is 0 Å². The first-order chi connectivity index (χ1) is 16.5. The van der Waals surface area contributed by atoms with Gasteiger partial charge in [-0.2, -0.15) is 0 Å². The molecule has 4 aromatic carbocycles. The molecule has 4 aromatic rings. The number of halogens is 1. The van der Waals surface area contributed by atoms with Gasteiger partial charge in [0.05, 0.1) is 11.6 Å². The molecular weight excluding hydrogens is 429 g/mol. The van der Waals surface area contributed by atoms with E-state index in [1.165, 1.54) is 29.2 Å². The van der Waals surface area contributed by atoms with Crippen LogP contribution >= 0.6 is 0 Å². The van der Waals surface area contributed by atoms with Gasteiger partial charge in [-0.05, 0) is 52.6 Å². The van der Waals surface area contributed by atoms with Crippen molar-refractivity contribution in [2.45, 2.75) is 19.4 Å². The number of benzene rings is 4. The fraction of sp³-hybridized carbons (Fsp3) is 0.103. The predicted molar refractivity (Wildman–Crippen MR) is 131 cm³/mol. The molecule has 0 saturated carbocycles. The third-order valence-corrected chi connectivity index (χ3v) is 6.30. The smallest absolute Gasteiger partial charge is 0.300 e. The minimum absolute atomic E-state index is 0.0208. The number of ketones is 1. The summed E-state index contributed by atoms with van der Waals surface area (Å²) in [5.41, 5.74) is 2.60. The summed E-state index contributed by atoms with van der Waals surface area (Å²) >= 11 is 0. The van der Waals surface area contributed by atoms with Gasteiger partial charge >= 0.3 is 0 Å². The summed E-state index contributed by atoms with van der Waals surface area (Å²) in [5.74, 6) is -2.20. The Morgan fingerprint density at radius 3 is 2.26 bits per heavy atom. The van der Waals surface area contributed by atoms with Crippen LogP contribution in [-0.2, 0) is 16.0 Å². The largest absolute Gasteiger partial charge is 0.507 e. The van der Waals surface area contributed by atoms with Gasteiger partial charge in [0.2, 0.25) is 0 Å². The van der Waals surface area contributed by atoms with Crippen LogP contribution in [0.3, 0.4) is 0 Å². The number of aliphatic hydroxyl groups excluding tert-OH is 1. The quantitative estimate of drug-likeness (QED) is 0.229. The molecule has 1 N–H and O–H groups in total. The van der Waals surface area contributed by atoms with Crippen molar-refractivity contribution < 1.29 is 19.1 Å². The van der Waals surface area contributed by atoms with Gasteiger partial charge in [-0.3, -0.25) is 14.5 Å². The molecule has 1 unspecified atom stereocenters. The molecule has 1 heterocycles. The molecule has 0 radical (unpaired) electrons. The summed E-state index contributed by atoms with van der Waals surface area (Å²) in [4.78, 5) is 28.0. The van der Waals surface area contributed by atoms with Crippen molar-refractivity contribution >= 4 is 33.9 Å². The van der Waals surface area contributed by atoms with Crippen molar-refractivity contribution in [3.05, 3.63) is 119 Å². The molecule has 1 fully saturated rings. The number of aryl methyl sites for hydroxylation is 1. The Labute approximate surface area is 196 Å². The molecule has 0 bridgehead atoms. The maximum absolute atomic E-state index is 13.7. The van der Waals surface area contributed by atoms with Crippen LogP contribution in [0.25, 0.3) is 16.5 Å². The minimum atomic E-state index is -0.896. The van der Waals surface area contributed by atoms with E-state index in [4.69, 9.17) is 0 Å². The molecule has 168 valence electrons. The normalized spacial score (nSPS) is 17.5. The fourth-order valence-electron chi connectivity index (χ4n) is 4.53. The van der Waals surface area contributed by atoms with Crippen LogP contribution in [0.15, 0.2) is 96.6 Å². The molecule has 5 heteroatoms. The van der Waals surface area contributed by atoms with E-state index >= 15 is 0 Å². The van der Waals surface area contributed by atoms with E-state index in [-0.39, 0.29) is 11.3 Å². The Kier molecular flexibility index (Phi) is 5.46. The van der Waals surface area contributed by atoms with Crippen molar-refractivity contribution in [2.75, 3.05) is 4.90 Å². The fourth-order valence-corrected chi connectivity index (χ4v) is 4.53. The number of rotatable bonds is 4. The highest BCUT2D eigenvalue weighted by atomic mass is 19.1. The van der Waals surface area contributed by atoms with Crippen molar-refractivity contribution in [1.29, 1.82) is 0 Å². The van der Waals surface area contributed by atoms with Crippen LogP contribution in [0.2, 0.25) is 0 Å². The van der Waals surface area contributed by atoms with Crippen LogP contribution in [-0.4, -0.2) is 16.8 Å². The lowest BCUT2D eigenvalue weighted by molar-refractivity contribution is -0.132. The number of hydrogen-bond donors (Lipinski definition) is 1. The molecule has 1 aliphatic heterocycles. The second kappa shape index (κ2) is 8.60. The van der Waals surface area contributed by atoms with Crippen molar-refractivity contribution in [1.82, 2.24) is 0 Å². The zero-order valence-corrected chi connectivity index (χ0v) is 18.5. The van der Waals surface area contributed by atoms with Crippen molar-refractivity contribution in [2.24, 2.45) is 0 Å². The maximum Gasteiger partial charge on any atom is 0.300 e. The van der Waals surface area contributed by atoms with Crippen LogP contribution in [0.1, 0.15) is 29.7 Å². The first-order valence-corrected chi connectivity index (χ1v) is 11.1. The lowest BCUT2D eigenvalue weighted by Crippen LogP contribution is -2.29. The lowest BCUT2D eigenvalue weighted by atomic mass is 9.93. The van der Waals surface area contributed by atoms with E-state index in [1.54, 1.807) is 24.3 Å². The average molecular weight is 451 g/mol. The van der Waals surface area contributed by atoms with Gasteiger partial charge in [0.1, 0.15) is 11.6 Å². The highest BCUT2D eigenvalue weighted by molar-refractivity contribution is 6.51. The Morgan fingerprint density at radius 1 is 0.882 bits per heavy atom. The number of amides is 1. The zero-order chi connectivity index (χ0) is 23.8. The number of carbonyl (C=O) groups is 2. The number of hydrogen-bond acceptors (Lipinski definition) is 3. The second-order valence-electron chi connectivity index (χ2n) is 8.27. The van der Waals surface area contributed by atoms with Crippen LogP contribution in [0, 0.1) is 5.82 Å². The van der Waals surface area contributed by atoms with Crippen LogP contribution in [0.4, 0.5) is 10.1 Å². The summed E-state index contributed by atoms with van der Waals surface area (Å²) < 4.78 is 13.7. The molecule has 1 amide bonds. The third-order valence-electron chi connectivity index (χ3n) is 6.30. The topological polar surface area (TPSA) is 57.6 Å². The van der Waals surface area contributed by atoms with Gasteiger partial charge in [0.15, 0.2) is 0 Å². The SMILES string of the molecule is CCc1ccc(N2C(=O)C(=O)/C(=C(\O)c3cccc4ccccc34)C2c2ccc(F)cc2)cc1. The minimum Gasteiger partial charge on any atom is -0.507 e. The van der Waals surface area contributed by atoms with Crippen LogP contribution in [0.5, 0.6) is 0 Å². The number of anilines is 1. The maximum atomic E-state index is 13.7. The standard InChI is InChI=1S/C29H22FNO3/c1-2-18-10-16-22(17-11-18)31-26(20-12-14-21(30)15-13-20)25(28(33)29(31)34)27(32)24-9-5-7-19-6-3-4-8-23(19)24/h3-17,26,32H,2H2,1H3/b27-25-. The number of nitrogens with zero attached hydrogens (tertiary/aromatic N) is 1. The van der Waals surface area contributed by atoms with Gasteiger partial charge < -0.3 is 5.11 Å². The predicted octanol–water partition coefficient (Wildman–Crippen LogP) is 6.17. The molecule has 1 atom stereocenters. The lowest BCUT2D eigenvalue weighted by Gasteiger charge is -2.25. The second-order valence-corrected chi connectivity index (χ2v) is 8.27. The molecule has 1 aliphatic rings. The molecule has 0 spiro atoms. The van der Waals surface area contributed by atoms with Gasteiger partial charge in [-0.1, -0.05) is 73.7 Å². The summed E-state index contributed by atoms with van der Waals surface area (Å²) in [6, 6.07) is 25.1. The Morgan fingerprint density at radius 2 is 1.56 bits per heavy atom. The molecule has 0 aliphatic carbocycles. The van der Waals surface area contributed by atoms with Crippen molar-refractivity contribution in [3.63, 3.8) is 0 Å². The van der Waals surface area contributed by atoms with Gasteiger partial charge in [0, 0.05) is 11.3 Å². The Hall–Kier alpha value is -4.25. The number of aliphatic hydroxyl groups is 1.